The summed E-state index contributed by atoms with van der Waals surface area (Å²) in [7, 11) is 0. The summed E-state index contributed by atoms with van der Waals surface area (Å²) in [6, 6.07) is 16.3. The molecule has 1 fully saturated rings. The summed E-state index contributed by atoms with van der Waals surface area (Å²) in [5.41, 5.74) is 1.90. The van der Waals surface area contributed by atoms with Gasteiger partial charge in [0.1, 0.15) is 11.1 Å². The van der Waals surface area contributed by atoms with Gasteiger partial charge in [-0.3, -0.25) is 4.79 Å². The maximum absolute atomic E-state index is 13.3. The lowest BCUT2D eigenvalue weighted by Crippen LogP contribution is -2.29. The number of aromatic nitrogens is 2. The minimum Gasteiger partial charge on any atom is -0.356 e. The van der Waals surface area contributed by atoms with Crippen LogP contribution in [-0.4, -0.2) is 22.1 Å². The van der Waals surface area contributed by atoms with Gasteiger partial charge in [0.05, 0.1) is 0 Å². The maximum Gasteiger partial charge on any atom is 0.238 e. The molecule has 28 heavy (non-hydrogen) atoms. The number of halogens is 1. The van der Waals surface area contributed by atoms with Crippen molar-refractivity contribution in [3.63, 3.8) is 0 Å². The second-order valence-electron chi connectivity index (χ2n) is 6.54. The Balaban J connectivity index is 1.44. The molecule has 144 valence electrons. The van der Waals surface area contributed by atoms with E-state index in [-0.39, 0.29) is 17.8 Å². The summed E-state index contributed by atoms with van der Waals surface area (Å²) in [5.74, 6) is -0.397. The summed E-state index contributed by atoms with van der Waals surface area (Å²) in [4.78, 5) is 12.7. The van der Waals surface area contributed by atoms with Crippen LogP contribution in [0.2, 0.25) is 0 Å². The van der Waals surface area contributed by atoms with Crippen LogP contribution < -0.4 is 10.6 Å². The highest BCUT2D eigenvalue weighted by molar-refractivity contribution is 8.01. The second-order valence-corrected chi connectivity index (χ2v) is 8.87. The monoisotopic (exact) mass is 414 g/mol. The highest BCUT2D eigenvalue weighted by Crippen LogP contribution is 2.38. The summed E-state index contributed by atoms with van der Waals surface area (Å²) in [6.45, 7) is 0.656. The lowest BCUT2D eigenvalue weighted by molar-refractivity contribution is -0.120. The van der Waals surface area contributed by atoms with E-state index < -0.39 is 5.25 Å². The van der Waals surface area contributed by atoms with Gasteiger partial charge in [-0.25, -0.2) is 4.39 Å². The number of amides is 1. The molecule has 0 radical (unpaired) electrons. The molecule has 1 aliphatic carbocycles. The Kier molecular flexibility index (Phi) is 5.87. The molecule has 0 saturated heterocycles. The molecule has 0 spiro atoms. The van der Waals surface area contributed by atoms with E-state index in [1.165, 1.54) is 35.2 Å². The normalized spacial score (nSPS) is 14.5. The van der Waals surface area contributed by atoms with Gasteiger partial charge in [-0.15, -0.1) is 10.2 Å². The molecule has 1 aliphatic rings. The van der Waals surface area contributed by atoms with E-state index in [4.69, 9.17) is 0 Å². The van der Waals surface area contributed by atoms with Gasteiger partial charge in [-0.1, -0.05) is 65.6 Å². The first-order valence-electron chi connectivity index (χ1n) is 9.01. The Morgan fingerprint density at radius 1 is 1.14 bits per heavy atom. The van der Waals surface area contributed by atoms with Gasteiger partial charge in [0, 0.05) is 12.6 Å². The predicted octanol–water partition coefficient (Wildman–Crippen LogP) is 4.40. The van der Waals surface area contributed by atoms with Gasteiger partial charge in [0.15, 0.2) is 4.34 Å². The molecule has 0 aliphatic heterocycles. The topological polar surface area (TPSA) is 66.9 Å². The zero-order chi connectivity index (χ0) is 19.3. The predicted molar refractivity (Wildman–Crippen MR) is 110 cm³/mol. The largest absolute Gasteiger partial charge is 0.356 e. The fraction of sp³-hybridized carbons (Fsp3) is 0.250. The first-order valence-corrected chi connectivity index (χ1v) is 10.7. The van der Waals surface area contributed by atoms with Crippen molar-refractivity contribution in [1.29, 1.82) is 0 Å². The van der Waals surface area contributed by atoms with Crippen LogP contribution in [0, 0.1) is 5.82 Å². The standard InChI is InChI=1S/C20H19FN4OS2/c21-15-8-6-14(7-9-15)17(18(26)23-16-10-11-16)27-20-25-24-19(28-20)22-12-13-4-2-1-3-5-13/h1-9,16-17H,10-12H2,(H,22,24)(H,23,26). The Bertz CT molecular complexity index is 929. The third-order valence-electron chi connectivity index (χ3n) is 4.25. The molecule has 1 unspecified atom stereocenters. The summed E-state index contributed by atoms with van der Waals surface area (Å²) in [5, 5.41) is 14.9. The molecular formula is C20H19FN4OS2. The second kappa shape index (κ2) is 8.70. The quantitative estimate of drug-likeness (QED) is 0.535. The molecule has 3 aromatic rings. The van der Waals surface area contributed by atoms with Crippen molar-refractivity contribution in [3.05, 3.63) is 71.5 Å². The number of carbonyl (C=O) groups is 1. The number of benzene rings is 2. The zero-order valence-corrected chi connectivity index (χ0v) is 16.6. The highest BCUT2D eigenvalue weighted by atomic mass is 32.2. The Labute approximate surface area is 170 Å². The average molecular weight is 415 g/mol. The van der Waals surface area contributed by atoms with E-state index in [1.54, 1.807) is 12.1 Å². The lowest BCUT2D eigenvalue weighted by Gasteiger charge is -2.15. The van der Waals surface area contributed by atoms with Crippen molar-refractivity contribution in [2.24, 2.45) is 0 Å². The SMILES string of the molecule is O=C(NC1CC1)C(Sc1nnc(NCc2ccccc2)s1)c1ccc(F)cc1. The number of hydrogen-bond acceptors (Lipinski definition) is 6. The number of nitrogens with one attached hydrogen (secondary N) is 2. The number of anilines is 1. The molecule has 1 heterocycles. The molecule has 1 atom stereocenters. The molecule has 8 heteroatoms. The minimum atomic E-state index is -0.490. The number of rotatable bonds is 8. The number of hydrogen-bond donors (Lipinski definition) is 2. The summed E-state index contributed by atoms with van der Waals surface area (Å²) >= 11 is 2.74. The van der Waals surface area contributed by atoms with Crippen molar-refractivity contribution in [3.8, 4) is 0 Å². The smallest absolute Gasteiger partial charge is 0.238 e. The van der Waals surface area contributed by atoms with Crippen molar-refractivity contribution in [1.82, 2.24) is 15.5 Å². The van der Waals surface area contributed by atoms with Crippen molar-refractivity contribution >= 4 is 34.1 Å². The molecule has 1 aromatic heterocycles. The van der Waals surface area contributed by atoms with Gasteiger partial charge in [-0.05, 0) is 36.1 Å². The van der Waals surface area contributed by atoms with E-state index in [0.29, 0.717) is 16.0 Å². The van der Waals surface area contributed by atoms with Gasteiger partial charge in [0.25, 0.3) is 0 Å². The molecule has 0 bridgehead atoms. The van der Waals surface area contributed by atoms with Crippen LogP contribution in [0.15, 0.2) is 58.9 Å². The van der Waals surface area contributed by atoms with Crippen LogP contribution in [0.4, 0.5) is 9.52 Å². The Hall–Kier alpha value is -2.45. The Morgan fingerprint density at radius 2 is 1.89 bits per heavy atom. The lowest BCUT2D eigenvalue weighted by atomic mass is 10.1. The third-order valence-corrected chi connectivity index (χ3v) is 6.47. The van der Waals surface area contributed by atoms with Crippen LogP contribution in [0.1, 0.15) is 29.2 Å². The van der Waals surface area contributed by atoms with Gasteiger partial charge in [-0.2, -0.15) is 0 Å². The van der Waals surface area contributed by atoms with Crippen LogP contribution in [0.3, 0.4) is 0 Å². The fourth-order valence-corrected chi connectivity index (χ4v) is 4.57. The molecule has 1 saturated carbocycles. The van der Waals surface area contributed by atoms with Crippen LogP contribution in [0.25, 0.3) is 0 Å². The van der Waals surface area contributed by atoms with Gasteiger partial charge in [0.2, 0.25) is 11.0 Å². The van der Waals surface area contributed by atoms with Gasteiger partial charge < -0.3 is 10.6 Å². The first kappa shape index (κ1) is 18.9. The van der Waals surface area contributed by atoms with E-state index in [0.717, 1.165) is 24.0 Å². The van der Waals surface area contributed by atoms with Crippen molar-refractivity contribution in [2.45, 2.75) is 35.0 Å². The van der Waals surface area contributed by atoms with E-state index in [2.05, 4.69) is 20.8 Å². The number of carbonyl (C=O) groups excluding carboxylic acids is 1. The molecule has 4 rings (SSSR count). The van der Waals surface area contributed by atoms with E-state index in [1.807, 2.05) is 30.3 Å². The molecule has 2 N–H and O–H groups in total. The van der Waals surface area contributed by atoms with Gasteiger partial charge >= 0.3 is 0 Å². The van der Waals surface area contributed by atoms with Crippen LogP contribution in [-0.2, 0) is 11.3 Å². The first-order chi connectivity index (χ1) is 13.7. The van der Waals surface area contributed by atoms with Crippen LogP contribution in [0.5, 0.6) is 0 Å². The molecule has 1 amide bonds. The van der Waals surface area contributed by atoms with Crippen LogP contribution >= 0.6 is 23.1 Å². The maximum atomic E-state index is 13.3. The van der Waals surface area contributed by atoms with E-state index in [9.17, 15) is 9.18 Å². The summed E-state index contributed by atoms with van der Waals surface area (Å²) in [6.07, 6.45) is 2.03. The molecular weight excluding hydrogens is 395 g/mol. The highest BCUT2D eigenvalue weighted by Gasteiger charge is 2.30. The summed E-state index contributed by atoms with van der Waals surface area (Å²) < 4.78 is 14.0. The molecule has 5 nitrogen and oxygen atoms in total. The van der Waals surface area contributed by atoms with Crippen molar-refractivity contribution in [2.75, 3.05) is 5.32 Å². The zero-order valence-electron chi connectivity index (χ0n) is 15.0. The number of nitrogens with zero attached hydrogens (tertiary/aromatic N) is 2. The number of thioether (sulfide) groups is 1. The van der Waals surface area contributed by atoms with E-state index >= 15 is 0 Å². The molecule has 2 aromatic carbocycles. The average Bonchev–Trinajstić information content (AvgIpc) is 3.41. The Morgan fingerprint density at radius 3 is 2.61 bits per heavy atom. The third kappa shape index (κ3) is 5.08. The fourth-order valence-electron chi connectivity index (χ4n) is 2.62. The minimum absolute atomic E-state index is 0.0758. The van der Waals surface area contributed by atoms with Crippen molar-refractivity contribution < 1.29 is 9.18 Å².